The molecule has 0 spiro atoms. The molecular weight excluding hydrogens is 506 g/mol. The summed E-state index contributed by atoms with van der Waals surface area (Å²) in [4.78, 5) is 41.6. The minimum absolute atomic E-state index is 0.0365. The van der Waals surface area contributed by atoms with Crippen LogP contribution in [0.25, 0.3) is 10.9 Å². The van der Waals surface area contributed by atoms with E-state index in [0.29, 0.717) is 46.2 Å². The Morgan fingerprint density at radius 1 is 1.13 bits per heavy atom. The van der Waals surface area contributed by atoms with E-state index in [2.05, 4.69) is 15.6 Å². The van der Waals surface area contributed by atoms with E-state index in [1.165, 1.54) is 11.8 Å². The number of carboxylic acids is 1. The number of aromatic carboxylic acids is 1. The summed E-state index contributed by atoms with van der Waals surface area (Å²) in [6.07, 6.45) is 4.39. The first kappa shape index (κ1) is 25.8. The van der Waals surface area contributed by atoms with Gasteiger partial charge in [0.15, 0.2) is 0 Å². The Kier molecular flexibility index (Phi) is 7.69. The van der Waals surface area contributed by atoms with Gasteiger partial charge in [0.05, 0.1) is 30.7 Å². The van der Waals surface area contributed by atoms with Crippen LogP contribution in [0.3, 0.4) is 0 Å². The molecule has 0 bridgehead atoms. The number of nitrogens with zero attached hydrogens (tertiary/aromatic N) is 1. The molecule has 0 unspecified atom stereocenters. The summed E-state index contributed by atoms with van der Waals surface area (Å²) in [5, 5.41) is 16.3. The quantitative estimate of drug-likeness (QED) is 0.377. The monoisotopic (exact) mass is 535 g/mol. The average Bonchev–Trinajstić information content (AvgIpc) is 2.92. The largest absolute Gasteiger partial charge is 0.497 e. The third kappa shape index (κ3) is 5.85. The van der Waals surface area contributed by atoms with Crippen LogP contribution in [0, 0.1) is 5.92 Å². The molecule has 0 atom stereocenters. The highest BCUT2D eigenvalue weighted by Gasteiger charge is 2.24. The Morgan fingerprint density at radius 2 is 1.95 bits per heavy atom. The van der Waals surface area contributed by atoms with E-state index in [-0.39, 0.29) is 29.3 Å². The molecule has 1 saturated carbocycles. The smallest absolute Gasteiger partial charge is 0.341 e. The molecule has 1 aliphatic heterocycles. The zero-order chi connectivity index (χ0) is 26.6. The van der Waals surface area contributed by atoms with E-state index in [9.17, 15) is 19.5 Å². The summed E-state index contributed by atoms with van der Waals surface area (Å²) < 4.78 is 11.1. The molecule has 2 aliphatic rings. The summed E-state index contributed by atoms with van der Waals surface area (Å²) in [5.74, 6) is 0.290. The van der Waals surface area contributed by atoms with Gasteiger partial charge in [0.1, 0.15) is 11.3 Å². The molecule has 10 heteroatoms. The van der Waals surface area contributed by atoms with E-state index < -0.39 is 5.97 Å². The molecule has 3 aromatic rings. The topological polar surface area (TPSA) is 127 Å². The van der Waals surface area contributed by atoms with Gasteiger partial charge in [-0.2, -0.15) is 0 Å². The molecule has 2 aromatic carbocycles. The lowest BCUT2D eigenvalue weighted by Crippen LogP contribution is -2.37. The van der Waals surface area contributed by atoms with Crippen LogP contribution in [0.2, 0.25) is 0 Å². The normalized spacial score (nSPS) is 18.8. The van der Waals surface area contributed by atoms with Crippen LogP contribution in [-0.2, 0) is 4.79 Å². The second kappa shape index (κ2) is 11.3. The maximum atomic E-state index is 12.8. The number of benzene rings is 2. The molecule has 5 rings (SSSR count). The number of ether oxygens (including phenoxy) is 2. The minimum Gasteiger partial charge on any atom is -0.497 e. The fourth-order valence-corrected chi connectivity index (χ4v) is 5.72. The number of carbonyl (C=O) groups is 3. The average molecular weight is 536 g/mol. The highest BCUT2D eigenvalue weighted by molar-refractivity contribution is 8.00. The van der Waals surface area contributed by atoms with Crippen molar-refractivity contribution < 1.29 is 29.0 Å². The Bertz CT molecular complexity index is 1390. The number of carbonyl (C=O) groups excluding carboxylic acids is 2. The number of nitrogens with one attached hydrogen (secondary N) is 2. The second-order valence-electron chi connectivity index (χ2n) is 9.58. The van der Waals surface area contributed by atoms with Gasteiger partial charge in [0.25, 0.3) is 5.91 Å². The van der Waals surface area contributed by atoms with Crippen molar-refractivity contribution in [2.24, 2.45) is 5.92 Å². The maximum Gasteiger partial charge on any atom is 0.341 e. The summed E-state index contributed by atoms with van der Waals surface area (Å²) in [5.41, 5.74) is 1.88. The van der Waals surface area contributed by atoms with Crippen molar-refractivity contribution in [2.45, 2.75) is 43.0 Å². The number of amides is 2. The zero-order valence-corrected chi connectivity index (χ0v) is 21.8. The number of thioether (sulfide) groups is 1. The van der Waals surface area contributed by atoms with Gasteiger partial charge in [-0.3, -0.25) is 9.59 Å². The van der Waals surface area contributed by atoms with Crippen molar-refractivity contribution in [1.82, 2.24) is 10.3 Å². The number of anilines is 1. The van der Waals surface area contributed by atoms with E-state index in [1.54, 1.807) is 43.5 Å². The number of pyridine rings is 1. The van der Waals surface area contributed by atoms with Crippen LogP contribution in [-0.4, -0.2) is 53.4 Å². The van der Waals surface area contributed by atoms with Gasteiger partial charge in [-0.25, -0.2) is 9.78 Å². The molecular formula is C28H29N3O6S. The number of hydrogen-bond acceptors (Lipinski definition) is 7. The lowest BCUT2D eigenvalue weighted by Gasteiger charge is -2.29. The van der Waals surface area contributed by atoms with Gasteiger partial charge in [-0.15, -0.1) is 11.8 Å². The molecule has 0 radical (unpaired) electrons. The number of rotatable bonds is 8. The fraction of sp³-hybridized carbons (Fsp3) is 0.357. The molecule has 1 aliphatic carbocycles. The first-order valence-corrected chi connectivity index (χ1v) is 13.6. The SMILES string of the molecule is COc1ccc2cc(C(=O)O)c(OCCC3CCC(NC(=O)c4ccc5c(c4)NC(=O)CS5)CC3)nc2c1. The minimum atomic E-state index is -1.08. The van der Waals surface area contributed by atoms with Crippen molar-refractivity contribution in [3.05, 3.63) is 53.6 Å². The molecule has 3 N–H and O–H groups in total. The Morgan fingerprint density at radius 3 is 2.71 bits per heavy atom. The Balaban J connectivity index is 1.12. The van der Waals surface area contributed by atoms with Gasteiger partial charge in [0.2, 0.25) is 11.8 Å². The summed E-state index contributed by atoms with van der Waals surface area (Å²) in [7, 11) is 1.57. The second-order valence-corrected chi connectivity index (χ2v) is 10.6. The molecule has 2 amide bonds. The standard InChI is InChI=1S/C28H29N3O6S/c1-36-20-8-4-17-12-21(28(34)35)27(31-22(17)14-20)37-11-10-16-2-6-19(7-3-16)29-26(33)18-5-9-24-23(13-18)30-25(32)15-38-24/h4-5,8-9,12-14,16,19H,2-3,6-7,10-11,15H2,1H3,(H,29,33)(H,30,32)(H,34,35). The van der Waals surface area contributed by atoms with Crippen LogP contribution < -0.4 is 20.1 Å². The summed E-state index contributed by atoms with van der Waals surface area (Å²) in [6, 6.07) is 12.4. The van der Waals surface area contributed by atoms with Crippen LogP contribution in [0.1, 0.15) is 52.8 Å². The van der Waals surface area contributed by atoms with Crippen molar-refractivity contribution in [3.8, 4) is 11.6 Å². The molecule has 0 saturated heterocycles. The lowest BCUT2D eigenvalue weighted by molar-refractivity contribution is -0.113. The van der Waals surface area contributed by atoms with Crippen molar-refractivity contribution in [2.75, 3.05) is 24.8 Å². The lowest BCUT2D eigenvalue weighted by atomic mass is 9.84. The molecule has 2 heterocycles. The van der Waals surface area contributed by atoms with Gasteiger partial charge in [-0.05, 0) is 74.4 Å². The molecule has 38 heavy (non-hydrogen) atoms. The number of fused-ring (bicyclic) bond motifs is 2. The van der Waals surface area contributed by atoms with E-state index in [4.69, 9.17) is 9.47 Å². The number of aromatic nitrogens is 1. The highest BCUT2D eigenvalue weighted by atomic mass is 32.2. The van der Waals surface area contributed by atoms with Crippen LogP contribution >= 0.6 is 11.8 Å². The Labute approximate surface area is 224 Å². The van der Waals surface area contributed by atoms with Gasteiger partial charge in [0, 0.05) is 28.0 Å². The molecule has 9 nitrogen and oxygen atoms in total. The van der Waals surface area contributed by atoms with E-state index in [0.717, 1.165) is 37.0 Å². The van der Waals surface area contributed by atoms with Gasteiger partial charge < -0.3 is 25.2 Å². The first-order chi connectivity index (χ1) is 18.4. The molecule has 1 aromatic heterocycles. The van der Waals surface area contributed by atoms with Crippen LogP contribution in [0.15, 0.2) is 47.4 Å². The van der Waals surface area contributed by atoms with Crippen molar-refractivity contribution in [1.29, 1.82) is 0 Å². The summed E-state index contributed by atoms with van der Waals surface area (Å²) >= 11 is 1.47. The van der Waals surface area contributed by atoms with Gasteiger partial charge in [-0.1, -0.05) is 0 Å². The van der Waals surface area contributed by atoms with Gasteiger partial charge >= 0.3 is 5.97 Å². The Hall–Kier alpha value is -3.79. The van der Waals surface area contributed by atoms with Crippen LogP contribution in [0.5, 0.6) is 11.6 Å². The third-order valence-electron chi connectivity index (χ3n) is 7.04. The predicted octanol–water partition coefficient (Wildman–Crippen LogP) is 4.74. The summed E-state index contributed by atoms with van der Waals surface area (Å²) in [6.45, 7) is 0.364. The third-order valence-corrected chi connectivity index (χ3v) is 8.12. The van der Waals surface area contributed by atoms with Crippen molar-refractivity contribution in [3.63, 3.8) is 0 Å². The fourth-order valence-electron chi connectivity index (χ4n) is 4.93. The maximum absolute atomic E-state index is 12.8. The van der Waals surface area contributed by atoms with E-state index >= 15 is 0 Å². The highest BCUT2D eigenvalue weighted by Crippen LogP contribution is 2.33. The molecule has 198 valence electrons. The van der Waals surface area contributed by atoms with Crippen LogP contribution in [0.4, 0.5) is 5.69 Å². The molecule has 1 fully saturated rings. The predicted molar refractivity (Wildman–Crippen MR) is 144 cm³/mol. The first-order valence-electron chi connectivity index (χ1n) is 12.6. The zero-order valence-electron chi connectivity index (χ0n) is 21.0. The van der Waals surface area contributed by atoms with Crippen molar-refractivity contribution >= 4 is 46.1 Å². The number of methoxy groups -OCH3 is 1. The number of carboxylic acid groups (broad SMARTS) is 1. The van der Waals surface area contributed by atoms with E-state index in [1.807, 2.05) is 6.07 Å². The number of hydrogen-bond donors (Lipinski definition) is 3.